The average molecular weight is 432 g/mol. The van der Waals surface area contributed by atoms with E-state index in [0.29, 0.717) is 0 Å². The number of halogens is 3. The van der Waals surface area contributed by atoms with Crippen LogP contribution in [0.25, 0.3) is 0 Å². The maximum Gasteiger partial charge on any atom is 0.416 e. The molecule has 7 nitrogen and oxygen atoms in total. The molecule has 3 heterocycles. The largest absolute Gasteiger partial charge is 0.426 e. The minimum Gasteiger partial charge on any atom is -0.426 e. The molecule has 10 heteroatoms. The number of carbonyl (C=O) groups excluding carboxylic acids is 1. The van der Waals surface area contributed by atoms with Gasteiger partial charge < -0.3 is 28.4 Å². The van der Waals surface area contributed by atoms with Crippen molar-refractivity contribution < 1.29 is 46.4 Å². The number of benzene rings is 1. The van der Waals surface area contributed by atoms with Gasteiger partial charge in [0.25, 0.3) is 0 Å². The van der Waals surface area contributed by atoms with Crippen LogP contribution in [0.15, 0.2) is 24.3 Å². The molecule has 0 saturated carbocycles. The lowest BCUT2D eigenvalue weighted by atomic mass is 9.94. The third-order valence-electron chi connectivity index (χ3n) is 5.14. The van der Waals surface area contributed by atoms with E-state index in [-0.39, 0.29) is 12.4 Å². The molecule has 3 aliphatic rings. The molecule has 5 atom stereocenters. The molecule has 3 aliphatic heterocycles. The Morgan fingerprint density at radius 1 is 1.07 bits per heavy atom. The van der Waals surface area contributed by atoms with Crippen molar-refractivity contribution in [1.29, 1.82) is 0 Å². The lowest BCUT2D eigenvalue weighted by molar-refractivity contribution is -0.227. The first-order valence-electron chi connectivity index (χ1n) is 9.56. The van der Waals surface area contributed by atoms with Crippen LogP contribution in [0.2, 0.25) is 0 Å². The Bertz CT molecular complexity index is 823. The summed E-state index contributed by atoms with van der Waals surface area (Å²) in [5.41, 5.74) is -0.916. The van der Waals surface area contributed by atoms with E-state index < -0.39 is 59.8 Å². The Morgan fingerprint density at radius 2 is 1.80 bits per heavy atom. The summed E-state index contributed by atoms with van der Waals surface area (Å²) in [5, 5.41) is 0. The van der Waals surface area contributed by atoms with Gasteiger partial charge in [-0.15, -0.1) is 0 Å². The smallest absolute Gasteiger partial charge is 0.416 e. The first-order chi connectivity index (χ1) is 13.8. The number of fused-ring (bicyclic) bond motifs is 1. The minimum absolute atomic E-state index is 0.174. The SMILES string of the molecule is CC1(C)O[C@H]2O[C@H]([C@@H]3COC(C)(C)O3)[C@H](C(=O)Oc3cccc(C(F)(F)F)c3)[C@H]2O1. The van der Waals surface area contributed by atoms with Crippen LogP contribution >= 0.6 is 0 Å². The number of carbonyl (C=O) groups is 1. The molecule has 0 unspecified atom stereocenters. The summed E-state index contributed by atoms with van der Waals surface area (Å²) in [7, 11) is 0. The van der Waals surface area contributed by atoms with Gasteiger partial charge in [0, 0.05) is 0 Å². The summed E-state index contributed by atoms with van der Waals surface area (Å²) >= 11 is 0. The molecular weight excluding hydrogens is 409 g/mol. The van der Waals surface area contributed by atoms with Crippen LogP contribution in [0.1, 0.15) is 33.3 Å². The van der Waals surface area contributed by atoms with Crippen molar-refractivity contribution in [3.05, 3.63) is 29.8 Å². The van der Waals surface area contributed by atoms with E-state index in [2.05, 4.69) is 0 Å². The van der Waals surface area contributed by atoms with Crippen molar-refractivity contribution in [1.82, 2.24) is 0 Å². The van der Waals surface area contributed by atoms with E-state index >= 15 is 0 Å². The van der Waals surface area contributed by atoms with Gasteiger partial charge in [0.1, 0.15) is 30.0 Å². The molecule has 0 aliphatic carbocycles. The Morgan fingerprint density at radius 3 is 2.43 bits per heavy atom. The molecule has 0 bridgehead atoms. The molecule has 1 aromatic carbocycles. The molecule has 3 saturated heterocycles. The number of esters is 1. The molecule has 0 amide bonds. The molecule has 1 aromatic rings. The van der Waals surface area contributed by atoms with E-state index in [1.54, 1.807) is 27.7 Å². The average Bonchev–Trinajstić information content (AvgIpc) is 3.22. The van der Waals surface area contributed by atoms with Crippen molar-refractivity contribution in [2.24, 2.45) is 5.92 Å². The van der Waals surface area contributed by atoms with Crippen LogP contribution in [0.3, 0.4) is 0 Å². The maximum absolute atomic E-state index is 13.0. The summed E-state index contributed by atoms with van der Waals surface area (Å²) in [6.45, 7) is 6.99. The van der Waals surface area contributed by atoms with Crippen LogP contribution in [-0.4, -0.2) is 48.8 Å². The zero-order valence-corrected chi connectivity index (χ0v) is 16.9. The monoisotopic (exact) mass is 432 g/mol. The van der Waals surface area contributed by atoms with Gasteiger partial charge in [-0.3, -0.25) is 4.79 Å². The van der Waals surface area contributed by atoms with Crippen LogP contribution in [-0.2, 0) is 34.7 Å². The molecule has 3 fully saturated rings. The minimum atomic E-state index is -4.56. The van der Waals surface area contributed by atoms with E-state index in [1.165, 1.54) is 12.1 Å². The second-order valence-electron chi connectivity index (χ2n) is 8.41. The van der Waals surface area contributed by atoms with Gasteiger partial charge in [0.15, 0.2) is 17.9 Å². The Labute approximate surface area is 171 Å². The van der Waals surface area contributed by atoms with Crippen molar-refractivity contribution in [3.8, 4) is 5.75 Å². The summed E-state index contributed by atoms with van der Waals surface area (Å²) in [6.07, 6.45) is -7.59. The lowest BCUT2D eigenvalue weighted by Gasteiger charge is -2.28. The highest BCUT2D eigenvalue weighted by molar-refractivity contribution is 5.77. The van der Waals surface area contributed by atoms with Crippen molar-refractivity contribution >= 4 is 5.97 Å². The zero-order chi connectivity index (χ0) is 21.9. The van der Waals surface area contributed by atoms with Gasteiger partial charge in [0.05, 0.1) is 12.2 Å². The first kappa shape index (κ1) is 21.5. The molecule has 0 spiro atoms. The van der Waals surface area contributed by atoms with Crippen molar-refractivity contribution in [3.63, 3.8) is 0 Å². The van der Waals surface area contributed by atoms with Crippen molar-refractivity contribution in [2.75, 3.05) is 6.61 Å². The fraction of sp³-hybridized carbons (Fsp3) is 0.650. The lowest BCUT2D eigenvalue weighted by Crippen LogP contribution is -2.44. The molecule has 0 aromatic heterocycles. The normalized spacial score (nSPS) is 34.7. The van der Waals surface area contributed by atoms with E-state index in [0.717, 1.165) is 12.1 Å². The van der Waals surface area contributed by atoms with Crippen LogP contribution < -0.4 is 4.74 Å². The number of alkyl halides is 3. The predicted molar refractivity (Wildman–Crippen MR) is 94.2 cm³/mol. The molecule has 4 rings (SSSR count). The Balaban J connectivity index is 1.57. The van der Waals surface area contributed by atoms with Gasteiger partial charge in [-0.1, -0.05) is 6.07 Å². The van der Waals surface area contributed by atoms with Crippen molar-refractivity contribution in [2.45, 2.75) is 70.0 Å². The number of hydrogen-bond acceptors (Lipinski definition) is 7. The molecular formula is C20H23F3O7. The topological polar surface area (TPSA) is 72.5 Å². The number of rotatable bonds is 3. The standard InChI is InChI=1S/C20H23F3O7/c1-18(2)25-9-12(28-18)14-13(15-17(27-14)30-19(3,4)29-15)16(24)26-11-7-5-6-10(8-11)20(21,22)23/h5-8,12-15,17H,9H2,1-4H3/t12-,13-,14+,15+,17+/m0/s1. The third kappa shape index (κ3) is 4.19. The van der Waals surface area contributed by atoms with Gasteiger partial charge in [-0.25, -0.2) is 0 Å². The second kappa shape index (κ2) is 7.16. The molecule has 30 heavy (non-hydrogen) atoms. The third-order valence-corrected chi connectivity index (χ3v) is 5.14. The quantitative estimate of drug-likeness (QED) is 0.536. The number of ether oxygens (including phenoxy) is 6. The summed E-state index contributed by atoms with van der Waals surface area (Å²) in [6, 6.07) is 4.13. The maximum atomic E-state index is 13.0. The predicted octanol–water partition coefficient (Wildman–Crippen LogP) is 3.25. The first-order valence-corrected chi connectivity index (χ1v) is 9.56. The molecule has 0 N–H and O–H groups in total. The fourth-order valence-corrected chi connectivity index (χ4v) is 3.92. The number of hydrogen-bond donors (Lipinski definition) is 0. The summed E-state index contributed by atoms with van der Waals surface area (Å²) in [4.78, 5) is 13.0. The van der Waals surface area contributed by atoms with Crippen LogP contribution in [0.5, 0.6) is 5.75 Å². The van der Waals surface area contributed by atoms with Gasteiger partial charge in [-0.2, -0.15) is 13.2 Å². The highest BCUT2D eigenvalue weighted by atomic mass is 19.4. The highest BCUT2D eigenvalue weighted by Crippen LogP contribution is 2.44. The van der Waals surface area contributed by atoms with Crippen LogP contribution in [0.4, 0.5) is 13.2 Å². The Hall–Kier alpha value is -1.72. The summed E-state index contributed by atoms with van der Waals surface area (Å²) < 4.78 is 73.1. The van der Waals surface area contributed by atoms with Gasteiger partial charge in [0.2, 0.25) is 0 Å². The van der Waals surface area contributed by atoms with Crippen LogP contribution in [0, 0.1) is 5.92 Å². The van der Waals surface area contributed by atoms with E-state index in [1.807, 2.05) is 0 Å². The van der Waals surface area contributed by atoms with Gasteiger partial charge >= 0.3 is 12.1 Å². The molecule has 166 valence electrons. The van der Waals surface area contributed by atoms with E-state index in [4.69, 9.17) is 28.4 Å². The summed E-state index contributed by atoms with van der Waals surface area (Å²) in [5.74, 6) is -3.84. The van der Waals surface area contributed by atoms with E-state index in [9.17, 15) is 18.0 Å². The highest BCUT2D eigenvalue weighted by Gasteiger charge is 2.61. The zero-order valence-electron chi connectivity index (χ0n) is 16.9. The fourth-order valence-electron chi connectivity index (χ4n) is 3.92. The second-order valence-corrected chi connectivity index (χ2v) is 8.41. The Kier molecular flexibility index (Phi) is 5.14. The molecule has 0 radical (unpaired) electrons. The van der Waals surface area contributed by atoms with Gasteiger partial charge in [-0.05, 0) is 45.9 Å².